The fourth-order valence-corrected chi connectivity index (χ4v) is 2.14. The summed E-state index contributed by atoms with van der Waals surface area (Å²) in [6.07, 6.45) is 1.14. The Labute approximate surface area is 113 Å². The molecule has 0 saturated carbocycles. The molecule has 0 aromatic heterocycles. The number of carbonyl (C=O) groups is 1. The van der Waals surface area contributed by atoms with Gasteiger partial charge in [-0.05, 0) is 36.5 Å². The third-order valence-corrected chi connectivity index (χ3v) is 3.30. The Balaban J connectivity index is 2.17. The van der Waals surface area contributed by atoms with Gasteiger partial charge in [0.1, 0.15) is 12.4 Å². The molecule has 104 valence electrons. The molecule has 0 bridgehead atoms. The van der Waals surface area contributed by atoms with Crippen LogP contribution in [0.15, 0.2) is 18.2 Å². The Morgan fingerprint density at radius 3 is 2.89 bits per heavy atom. The summed E-state index contributed by atoms with van der Waals surface area (Å²) in [7, 11) is 0. The van der Waals surface area contributed by atoms with Crippen LogP contribution in [0.1, 0.15) is 48.7 Å². The zero-order valence-electron chi connectivity index (χ0n) is 11.5. The first-order valence-electron chi connectivity index (χ1n) is 6.81. The highest BCUT2D eigenvalue weighted by Crippen LogP contribution is 2.27. The molecular weight excluding hydrogens is 242 g/mol. The lowest BCUT2D eigenvalue weighted by Gasteiger charge is -2.14. The molecule has 4 nitrogen and oxygen atoms in total. The van der Waals surface area contributed by atoms with Gasteiger partial charge in [-0.15, -0.1) is 0 Å². The maximum atomic E-state index is 11.9. The van der Waals surface area contributed by atoms with Crippen LogP contribution < -0.4 is 10.1 Å². The highest BCUT2D eigenvalue weighted by molar-refractivity contribution is 5.97. The molecule has 0 saturated heterocycles. The van der Waals surface area contributed by atoms with Crippen LogP contribution in [0.5, 0.6) is 5.75 Å². The van der Waals surface area contributed by atoms with Crippen LogP contribution in [0.2, 0.25) is 0 Å². The van der Waals surface area contributed by atoms with E-state index in [1.807, 2.05) is 6.07 Å². The lowest BCUT2D eigenvalue weighted by atomic mass is 9.98. The van der Waals surface area contributed by atoms with Crippen LogP contribution >= 0.6 is 0 Å². The van der Waals surface area contributed by atoms with E-state index in [1.165, 1.54) is 0 Å². The van der Waals surface area contributed by atoms with Crippen molar-refractivity contribution < 1.29 is 14.6 Å². The van der Waals surface area contributed by atoms with Crippen molar-refractivity contribution in [3.05, 3.63) is 29.3 Å². The van der Waals surface area contributed by atoms with Gasteiger partial charge in [-0.1, -0.05) is 19.9 Å². The van der Waals surface area contributed by atoms with E-state index in [2.05, 4.69) is 19.2 Å². The van der Waals surface area contributed by atoms with Crippen LogP contribution in [-0.4, -0.2) is 24.2 Å². The largest absolute Gasteiger partial charge is 0.491 e. The van der Waals surface area contributed by atoms with Gasteiger partial charge in [0.05, 0.1) is 18.2 Å². The minimum absolute atomic E-state index is 0.134. The minimum Gasteiger partial charge on any atom is -0.491 e. The van der Waals surface area contributed by atoms with E-state index in [0.29, 0.717) is 36.8 Å². The van der Waals surface area contributed by atoms with Crippen LogP contribution in [-0.2, 0) is 0 Å². The molecule has 0 spiro atoms. The first kappa shape index (κ1) is 13.9. The summed E-state index contributed by atoms with van der Waals surface area (Å²) in [4.78, 5) is 11.9. The fraction of sp³-hybridized carbons (Fsp3) is 0.533. The molecule has 19 heavy (non-hydrogen) atoms. The summed E-state index contributed by atoms with van der Waals surface area (Å²) in [6.45, 7) is 5.25. The van der Waals surface area contributed by atoms with Crippen molar-refractivity contribution in [3.8, 4) is 5.75 Å². The Morgan fingerprint density at radius 1 is 1.37 bits per heavy atom. The van der Waals surface area contributed by atoms with E-state index >= 15 is 0 Å². The van der Waals surface area contributed by atoms with E-state index in [0.717, 1.165) is 12.0 Å². The van der Waals surface area contributed by atoms with Gasteiger partial charge in [0.15, 0.2) is 0 Å². The van der Waals surface area contributed by atoms with E-state index in [9.17, 15) is 9.90 Å². The second kappa shape index (κ2) is 6.06. The van der Waals surface area contributed by atoms with Crippen molar-refractivity contribution in [1.29, 1.82) is 0 Å². The molecule has 0 radical (unpaired) electrons. The summed E-state index contributed by atoms with van der Waals surface area (Å²) in [5.41, 5.74) is 1.29. The maximum Gasteiger partial charge on any atom is 0.255 e. The van der Waals surface area contributed by atoms with Crippen molar-refractivity contribution in [2.24, 2.45) is 5.92 Å². The number of carbonyl (C=O) groups excluding carboxylic acids is 1. The summed E-state index contributed by atoms with van der Waals surface area (Å²) < 4.78 is 5.49. The van der Waals surface area contributed by atoms with Crippen LogP contribution in [0.4, 0.5) is 0 Å². The summed E-state index contributed by atoms with van der Waals surface area (Å²) >= 11 is 0. The highest BCUT2D eigenvalue weighted by atomic mass is 16.5. The number of hydrogen-bond acceptors (Lipinski definition) is 3. The predicted molar refractivity (Wildman–Crippen MR) is 73.3 cm³/mol. The Bertz CT molecular complexity index is 457. The van der Waals surface area contributed by atoms with Gasteiger partial charge < -0.3 is 15.2 Å². The monoisotopic (exact) mass is 263 g/mol. The highest BCUT2D eigenvalue weighted by Gasteiger charge is 2.18. The SMILES string of the molecule is CC(C)CCC(O)c1ccc2c(c1)C(=O)NCCO2. The zero-order valence-corrected chi connectivity index (χ0v) is 11.5. The van der Waals surface area contributed by atoms with Gasteiger partial charge in [0.2, 0.25) is 0 Å². The lowest BCUT2D eigenvalue weighted by Crippen LogP contribution is -2.24. The second-order valence-electron chi connectivity index (χ2n) is 5.35. The quantitative estimate of drug-likeness (QED) is 0.876. The maximum absolute atomic E-state index is 11.9. The minimum atomic E-state index is -0.524. The molecule has 1 aliphatic rings. The van der Waals surface area contributed by atoms with Crippen molar-refractivity contribution in [2.45, 2.75) is 32.8 Å². The molecule has 1 amide bonds. The summed E-state index contributed by atoms with van der Waals surface area (Å²) in [6, 6.07) is 5.34. The van der Waals surface area contributed by atoms with E-state index in [4.69, 9.17) is 4.74 Å². The number of fused-ring (bicyclic) bond motifs is 1. The Kier molecular flexibility index (Phi) is 4.43. The molecule has 1 atom stereocenters. The molecule has 1 aromatic carbocycles. The van der Waals surface area contributed by atoms with Crippen molar-refractivity contribution in [1.82, 2.24) is 5.32 Å². The number of benzene rings is 1. The van der Waals surface area contributed by atoms with Gasteiger partial charge in [-0.3, -0.25) is 4.79 Å². The average Bonchev–Trinajstić information content (AvgIpc) is 2.58. The van der Waals surface area contributed by atoms with Crippen molar-refractivity contribution in [2.75, 3.05) is 13.2 Å². The second-order valence-corrected chi connectivity index (χ2v) is 5.35. The predicted octanol–water partition coefficient (Wildman–Crippen LogP) is 2.28. The van der Waals surface area contributed by atoms with Crippen LogP contribution in [0, 0.1) is 5.92 Å². The third kappa shape index (κ3) is 3.47. The zero-order chi connectivity index (χ0) is 13.8. The number of aliphatic hydroxyl groups excluding tert-OH is 1. The van der Waals surface area contributed by atoms with E-state index < -0.39 is 6.10 Å². The smallest absolute Gasteiger partial charge is 0.255 e. The number of nitrogens with one attached hydrogen (secondary N) is 1. The first-order chi connectivity index (χ1) is 9.08. The van der Waals surface area contributed by atoms with Crippen LogP contribution in [0.25, 0.3) is 0 Å². The number of hydrogen-bond donors (Lipinski definition) is 2. The molecule has 1 aromatic rings. The molecule has 4 heteroatoms. The topological polar surface area (TPSA) is 58.6 Å². The molecule has 1 unspecified atom stereocenters. The molecule has 0 aliphatic carbocycles. The molecular formula is C15H21NO3. The Morgan fingerprint density at radius 2 is 2.16 bits per heavy atom. The van der Waals surface area contributed by atoms with Gasteiger partial charge >= 0.3 is 0 Å². The van der Waals surface area contributed by atoms with E-state index in [1.54, 1.807) is 12.1 Å². The fourth-order valence-electron chi connectivity index (χ4n) is 2.14. The number of aliphatic hydroxyl groups is 1. The molecule has 1 aliphatic heterocycles. The van der Waals surface area contributed by atoms with Gasteiger partial charge in [0, 0.05) is 0 Å². The van der Waals surface area contributed by atoms with Gasteiger partial charge in [0.25, 0.3) is 5.91 Å². The number of ether oxygens (including phenoxy) is 1. The van der Waals surface area contributed by atoms with Gasteiger partial charge in [-0.2, -0.15) is 0 Å². The Hall–Kier alpha value is -1.55. The summed E-state index contributed by atoms with van der Waals surface area (Å²) in [5.74, 6) is 1.02. The van der Waals surface area contributed by atoms with Crippen molar-refractivity contribution >= 4 is 5.91 Å². The molecule has 2 rings (SSSR count). The normalized spacial score (nSPS) is 16.3. The van der Waals surface area contributed by atoms with E-state index in [-0.39, 0.29) is 5.91 Å². The molecule has 1 heterocycles. The average molecular weight is 263 g/mol. The lowest BCUT2D eigenvalue weighted by molar-refractivity contribution is 0.0956. The van der Waals surface area contributed by atoms with Crippen molar-refractivity contribution in [3.63, 3.8) is 0 Å². The first-order valence-corrected chi connectivity index (χ1v) is 6.81. The third-order valence-electron chi connectivity index (χ3n) is 3.30. The summed E-state index contributed by atoms with van der Waals surface area (Å²) in [5, 5.41) is 12.9. The number of rotatable bonds is 4. The molecule has 2 N–H and O–H groups in total. The van der Waals surface area contributed by atoms with Gasteiger partial charge in [-0.25, -0.2) is 0 Å². The standard InChI is InChI=1S/C15H21NO3/c1-10(2)3-5-13(17)11-4-6-14-12(9-11)15(18)16-7-8-19-14/h4,6,9-10,13,17H,3,5,7-8H2,1-2H3,(H,16,18). The number of amides is 1. The van der Waals surface area contributed by atoms with Crippen LogP contribution in [0.3, 0.4) is 0 Å². The molecule has 0 fully saturated rings.